The summed E-state index contributed by atoms with van der Waals surface area (Å²) in [6.45, 7) is 1.93. The number of nitrogens with zero attached hydrogens (tertiary/aromatic N) is 1. The monoisotopic (exact) mass is 461 g/mol. The molecule has 0 fully saturated rings. The number of benzene rings is 3. The molecule has 9 nitrogen and oxygen atoms in total. The maximum Gasteiger partial charge on any atom is 0.343 e. The van der Waals surface area contributed by atoms with Gasteiger partial charge in [0, 0.05) is 6.07 Å². The van der Waals surface area contributed by atoms with Crippen LogP contribution in [-0.4, -0.2) is 38.2 Å². The molecule has 0 aliphatic rings. The Morgan fingerprint density at radius 2 is 1.50 bits per heavy atom. The molecule has 2 amide bonds. The number of methoxy groups -OCH3 is 2. The summed E-state index contributed by atoms with van der Waals surface area (Å²) in [5.74, 6) is -1.14. The molecule has 0 radical (unpaired) electrons. The number of hydrogen-bond acceptors (Lipinski definition) is 7. The van der Waals surface area contributed by atoms with Crippen LogP contribution >= 0.6 is 0 Å². The summed E-state index contributed by atoms with van der Waals surface area (Å²) in [4.78, 5) is 36.4. The van der Waals surface area contributed by atoms with E-state index in [1.165, 1.54) is 26.5 Å². The van der Waals surface area contributed by atoms with Gasteiger partial charge in [0.05, 0.1) is 31.7 Å². The first-order valence-corrected chi connectivity index (χ1v) is 10.1. The maximum absolute atomic E-state index is 12.2. The van der Waals surface area contributed by atoms with Gasteiger partial charge in [0.25, 0.3) is 0 Å². The topological polar surface area (TPSA) is 115 Å². The maximum atomic E-state index is 12.2. The van der Waals surface area contributed by atoms with Crippen molar-refractivity contribution in [2.75, 3.05) is 19.5 Å². The fraction of sp³-hybridized carbons (Fsp3) is 0.120. The number of esters is 1. The standard InChI is InChI=1S/C25H23N3O6/c1-16-4-8-18(9-5-16)25(31)34-19-10-6-17(7-11-19)15-26-28-24(30)23(29)27-21-14-20(32-2)12-13-22(21)33-3/h4-15H,1-3H3,(H,27,29)(H,28,30)/b26-15+. The molecule has 0 bridgehead atoms. The van der Waals surface area contributed by atoms with Gasteiger partial charge in [0.1, 0.15) is 17.2 Å². The Balaban J connectivity index is 1.53. The summed E-state index contributed by atoms with van der Waals surface area (Å²) in [7, 11) is 2.92. The van der Waals surface area contributed by atoms with Gasteiger partial charge in [0.15, 0.2) is 0 Å². The van der Waals surface area contributed by atoms with Gasteiger partial charge >= 0.3 is 17.8 Å². The molecule has 2 N–H and O–H groups in total. The van der Waals surface area contributed by atoms with Crippen molar-refractivity contribution in [2.24, 2.45) is 5.10 Å². The number of ether oxygens (including phenoxy) is 3. The van der Waals surface area contributed by atoms with E-state index in [0.717, 1.165) is 5.56 Å². The minimum atomic E-state index is -0.968. The molecule has 3 aromatic rings. The molecule has 0 saturated carbocycles. The third-order valence-electron chi connectivity index (χ3n) is 4.62. The summed E-state index contributed by atoms with van der Waals surface area (Å²) >= 11 is 0. The number of amides is 2. The smallest absolute Gasteiger partial charge is 0.343 e. The van der Waals surface area contributed by atoms with Crippen molar-refractivity contribution in [3.63, 3.8) is 0 Å². The first kappa shape index (κ1) is 24.0. The van der Waals surface area contributed by atoms with Crippen molar-refractivity contribution < 1.29 is 28.6 Å². The number of rotatable bonds is 7. The Morgan fingerprint density at radius 1 is 0.824 bits per heavy atom. The van der Waals surface area contributed by atoms with Crippen LogP contribution < -0.4 is 25.0 Å². The first-order valence-electron chi connectivity index (χ1n) is 10.1. The van der Waals surface area contributed by atoms with E-state index in [0.29, 0.717) is 28.4 Å². The van der Waals surface area contributed by atoms with Crippen molar-refractivity contribution in [3.05, 3.63) is 83.4 Å². The highest BCUT2D eigenvalue weighted by Crippen LogP contribution is 2.28. The minimum absolute atomic E-state index is 0.279. The SMILES string of the molecule is COc1ccc(OC)c(NC(=O)C(=O)N/N=C/c2ccc(OC(=O)c3ccc(C)cc3)cc2)c1. The summed E-state index contributed by atoms with van der Waals surface area (Å²) in [5, 5.41) is 6.23. The van der Waals surface area contributed by atoms with E-state index in [4.69, 9.17) is 14.2 Å². The van der Waals surface area contributed by atoms with Crippen molar-refractivity contribution in [1.82, 2.24) is 5.43 Å². The summed E-state index contributed by atoms with van der Waals surface area (Å²) in [5.41, 5.74) is 4.54. The van der Waals surface area contributed by atoms with Crippen LogP contribution in [0.4, 0.5) is 5.69 Å². The van der Waals surface area contributed by atoms with Gasteiger partial charge in [-0.15, -0.1) is 0 Å². The van der Waals surface area contributed by atoms with E-state index in [-0.39, 0.29) is 5.69 Å². The van der Waals surface area contributed by atoms with Crippen molar-refractivity contribution in [2.45, 2.75) is 6.92 Å². The van der Waals surface area contributed by atoms with E-state index in [9.17, 15) is 14.4 Å². The largest absolute Gasteiger partial charge is 0.497 e. The quantitative estimate of drug-likeness (QED) is 0.183. The van der Waals surface area contributed by atoms with Crippen molar-refractivity contribution >= 4 is 29.7 Å². The number of nitrogens with one attached hydrogen (secondary N) is 2. The van der Waals surface area contributed by atoms with Gasteiger partial charge in [0.2, 0.25) is 0 Å². The van der Waals surface area contributed by atoms with E-state index in [2.05, 4.69) is 15.8 Å². The van der Waals surface area contributed by atoms with Gasteiger partial charge < -0.3 is 19.5 Å². The van der Waals surface area contributed by atoms with Gasteiger partial charge in [-0.25, -0.2) is 10.2 Å². The Kier molecular flexibility index (Phi) is 7.96. The fourth-order valence-corrected chi connectivity index (χ4v) is 2.78. The molecule has 0 aliphatic heterocycles. The molecule has 0 unspecified atom stereocenters. The average Bonchev–Trinajstić information content (AvgIpc) is 2.85. The number of carbonyl (C=O) groups excluding carboxylic acids is 3. The molecule has 34 heavy (non-hydrogen) atoms. The second-order valence-electron chi connectivity index (χ2n) is 7.04. The van der Waals surface area contributed by atoms with Crippen LogP contribution in [0, 0.1) is 6.92 Å². The lowest BCUT2D eigenvalue weighted by molar-refractivity contribution is -0.136. The Hall–Kier alpha value is -4.66. The molecular weight excluding hydrogens is 438 g/mol. The zero-order chi connectivity index (χ0) is 24.5. The molecule has 3 aromatic carbocycles. The highest BCUT2D eigenvalue weighted by Gasteiger charge is 2.16. The molecule has 9 heteroatoms. The predicted octanol–water partition coefficient (Wildman–Crippen LogP) is 3.32. The van der Waals surface area contributed by atoms with Gasteiger partial charge in [-0.05, 0) is 61.0 Å². The summed E-state index contributed by atoms with van der Waals surface area (Å²) in [6, 6.07) is 18.3. The fourth-order valence-electron chi connectivity index (χ4n) is 2.78. The minimum Gasteiger partial charge on any atom is -0.497 e. The van der Waals surface area contributed by atoms with Crippen LogP contribution in [0.25, 0.3) is 0 Å². The molecule has 0 aromatic heterocycles. The molecule has 0 spiro atoms. The van der Waals surface area contributed by atoms with Crippen LogP contribution in [0.1, 0.15) is 21.5 Å². The zero-order valence-electron chi connectivity index (χ0n) is 18.8. The lowest BCUT2D eigenvalue weighted by Gasteiger charge is -2.11. The Labute approximate surface area is 196 Å². The molecule has 174 valence electrons. The highest BCUT2D eigenvalue weighted by molar-refractivity contribution is 6.39. The van der Waals surface area contributed by atoms with Crippen LogP contribution in [0.5, 0.6) is 17.2 Å². The summed E-state index contributed by atoms with van der Waals surface area (Å²) in [6.07, 6.45) is 1.35. The lowest BCUT2D eigenvalue weighted by Crippen LogP contribution is -2.32. The van der Waals surface area contributed by atoms with Crippen molar-refractivity contribution in [3.8, 4) is 17.2 Å². The number of hydrazone groups is 1. The van der Waals surface area contributed by atoms with E-state index in [1.54, 1.807) is 48.5 Å². The average molecular weight is 461 g/mol. The second-order valence-corrected chi connectivity index (χ2v) is 7.04. The van der Waals surface area contributed by atoms with Crippen LogP contribution in [-0.2, 0) is 9.59 Å². The van der Waals surface area contributed by atoms with Gasteiger partial charge in [-0.1, -0.05) is 17.7 Å². The number of aryl methyl sites for hydroxylation is 1. The van der Waals surface area contributed by atoms with Crippen LogP contribution in [0.2, 0.25) is 0 Å². The summed E-state index contributed by atoms with van der Waals surface area (Å²) < 4.78 is 15.6. The third kappa shape index (κ3) is 6.42. The Bertz CT molecular complexity index is 1200. The third-order valence-corrected chi connectivity index (χ3v) is 4.62. The first-order chi connectivity index (χ1) is 16.4. The predicted molar refractivity (Wildman–Crippen MR) is 126 cm³/mol. The number of hydrogen-bond donors (Lipinski definition) is 2. The van der Waals surface area contributed by atoms with E-state index >= 15 is 0 Å². The molecule has 0 heterocycles. The molecular formula is C25H23N3O6. The number of anilines is 1. The second kappa shape index (κ2) is 11.3. The van der Waals surface area contributed by atoms with Gasteiger partial charge in [-0.3, -0.25) is 9.59 Å². The van der Waals surface area contributed by atoms with E-state index in [1.807, 2.05) is 19.1 Å². The Morgan fingerprint density at radius 3 is 2.15 bits per heavy atom. The number of carbonyl (C=O) groups is 3. The molecule has 3 rings (SSSR count). The molecule has 0 atom stereocenters. The molecule has 0 saturated heterocycles. The zero-order valence-corrected chi connectivity index (χ0v) is 18.8. The highest BCUT2D eigenvalue weighted by atomic mass is 16.5. The van der Waals surface area contributed by atoms with Crippen LogP contribution in [0.3, 0.4) is 0 Å². The van der Waals surface area contributed by atoms with Gasteiger partial charge in [-0.2, -0.15) is 5.10 Å². The van der Waals surface area contributed by atoms with Crippen LogP contribution in [0.15, 0.2) is 71.8 Å². The normalized spacial score (nSPS) is 10.4. The molecule has 0 aliphatic carbocycles. The van der Waals surface area contributed by atoms with Crippen molar-refractivity contribution in [1.29, 1.82) is 0 Å². The lowest BCUT2D eigenvalue weighted by atomic mass is 10.1. The van der Waals surface area contributed by atoms with E-state index < -0.39 is 17.8 Å².